The second kappa shape index (κ2) is 6.85. The van der Waals surface area contributed by atoms with E-state index in [2.05, 4.69) is 27.5 Å². The second-order valence-electron chi connectivity index (χ2n) is 4.34. The van der Waals surface area contributed by atoms with Crippen LogP contribution in [0, 0.1) is 6.92 Å². The molecule has 2 aromatic rings. The smallest absolute Gasteiger partial charge is 0.228 e. The highest BCUT2D eigenvalue weighted by atomic mass is 32.2. The molecule has 108 valence electrons. The molecule has 0 aliphatic rings. The van der Waals surface area contributed by atoms with Gasteiger partial charge in [0.25, 0.3) is 0 Å². The van der Waals surface area contributed by atoms with E-state index in [9.17, 15) is 4.79 Å². The van der Waals surface area contributed by atoms with Crippen LogP contribution in [0.2, 0.25) is 0 Å². The Bertz CT molecular complexity index is 580. The molecule has 2 aromatic heterocycles. The Kier molecular flexibility index (Phi) is 5.13. The standard InChI is InChI=1S/C12H17N5OS2/c1-4-19-12-15-14-11(20-12)13-10(18)7-9(3)17-6-5-8(2)16-17/h5-6,9H,4,7H2,1-3H3,(H,13,14,18)/t9-/m0/s1. The van der Waals surface area contributed by atoms with E-state index in [-0.39, 0.29) is 11.9 Å². The summed E-state index contributed by atoms with van der Waals surface area (Å²) in [5, 5.41) is 15.6. The molecule has 0 bridgehead atoms. The van der Waals surface area contributed by atoms with Gasteiger partial charge in [-0.05, 0) is 25.7 Å². The molecule has 0 saturated carbocycles. The molecule has 1 amide bonds. The van der Waals surface area contributed by atoms with Gasteiger partial charge in [-0.25, -0.2) is 0 Å². The largest absolute Gasteiger partial charge is 0.300 e. The molecule has 6 nitrogen and oxygen atoms in total. The minimum atomic E-state index is -0.0742. The van der Waals surface area contributed by atoms with Gasteiger partial charge in [-0.3, -0.25) is 9.48 Å². The van der Waals surface area contributed by atoms with Crippen LogP contribution >= 0.6 is 23.1 Å². The van der Waals surface area contributed by atoms with Crippen LogP contribution in [0.3, 0.4) is 0 Å². The minimum Gasteiger partial charge on any atom is -0.300 e. The third-order valence-corrected chi connectivity index (χ3v) is 4.45. The normalized spacial score (nSPS) is 12.3. The summed E-state index contributed by atoms with van der Waals surface area (Å²) in [7, 11) is 0. The molecule has 0 aliphatic carbocycles. The zero-order valence-electron chi connectivity index (χ0n) is 11.7. The molecule has 0 aromatic carbocycles. The maximum atomic E-state index is 11.9. The highest BCUT2D eigenvalue weighted by molar-refractivity contribution is 8.01. The average Bonchev–Trinajstić information content (AvgIpc) is 2.99. The van der Waals surface area contributed by atoms with E-state index in [1.165, 1.54) is 11.3 Å². The van der Waals surface area contributed by atoms with E-state index in [4.69, 9.17) is 0 Å². The maximum Gasteiger partial charge on any atom is 0.228 e. The lowest BCUT2D eigenvalue weighted by molar-refractivity contribution is -0.116. The maximum absolute atomic E-state index is 11.9. The molecule has 2 rings (SSSR count). The van der Waals surface area contributed by atoms with E-state index in [1.54, 1.807) is 16.4 Å². The van der Waals surface area contributed by atoms with Crippen LogP contribution in [0.15, 0.2) is 16.6 Å². The highest BCUT2D eigenvalue weighted by Crippen LogP contribution is 2.25. The van der Waals surface area contributed by atoms with Gasteiger partial charge in [-0.15, -0.1) is 10.2 Å². The molecule has 0 fully saturated rings. The van der Waals surface area contributed by atoms with Crippen molar-refractivity contribution in [3.05, 3.63) is 18.0 Å². The number of anilines is 1. The van der Waals surface area contributed by atoms with Gasteiger partial charge in [0, 0.05) is 12.6 Å². The summed E-state index contributed by atoms with van der Waals surface area (Å²) in [6.45, 7) is 5.94. The van der Waals surface area contributed by atoms with E-state index < -0.39 is 0 Å². The van der Waals surface area contributed by atoms with Gasteiger partial charge < -0.3 is 5.32 Å². The molecule has 1 N–H and O–H groups in total. The summed E-state index contributed by atoms with van der Waals surface area (Å²) in [4.78, 5) is 11.9. The summed E-state index contributed by atoms with van der Waals surface area (Å²) < 4.78 is 2.67. The topological polar surface area (TPSA) is 72.7 Å². The molecular weight excluding hydrogens is 294 g/mol. The quantitative estimate of drug-likeness (QED) is 0.656. The fourth-order valence-electron chi connectivity index (χ4n) is 1.65. The Morgan fingerprint density at radius 3 is 3.00 bits per heavy atom. The number of nitrogens with one attached hydrogen (secondary N) is 1. The Morgan fingerprint density at radius 1 is 1.55 bits per heavy atom. The van der Waals surface area contributed by atoms with Gasteiger partial charge in [-0.1, -0.05) is 30.0 Å². The van der Waals surface area contributed by atoms with Crippen molar-refractivity contribution in [1.82, 2.24) is 20.0 Å². The van der Waals surface area contributed by atoms with Crippen LogP contribution in [0.1, 0.15) is 32.0 Å². The molecule has 0 unspecified atom stereocenters. The molecule has 0 radical (unpaired) electrons. The van der Waals surface area contributed by atoms with Gasteiger partial charge in [0.05, 0.1) is 11.7 Å². The number of carbonyl (C=O) groups is 1. The van der Waals surface area contributed by atoms with Gasteiger partial charge in [0.2, 0.25) is 11.0 Å². The summed E-state index contributed by atoms with van der Waals surface area (Å²) >= 11 is 3.02. The van der Waals surface area contributed by atoms with E-state index in [0.717, 1.165) is 15.8 Å². The summed E-state index contributed by atoms with van der Waals surface area (Å²) in [6, 6.07) is 1.94. The van der Waals surface area contributed by atoms with Crippen molar-refractivity contribution in [2.45, 2.75) is 37.6 Å². The highest BCUT2D eigenvalue weighted by Gasteiger charge is 2.13. The number of hydrogen-bond acceptors (Lipinski definition) is 6. The average molecular weight is 311 g/mol. The van der Waals surface area contributed by atoms with Gasteiger partial charge in [-0.2, -0.15) is 5.10 Å². The molecule has 0 aliphatic heterocycles. The van der Waals surface area contributed by atoms with Crippen LogP contribution < -0.4 is 5.32 Å². The summed E-state index contributed by atoms with van der Waals surface area (Å²) in [5.74, 6) is 0.869. The number of nitrogens with zero attached hydrogens (tertiary/aromatic N) is 4. The number of carbonyl (C=O) groups excluding carboxylic acids is 1. The Balaban J connectivity index is 1.88. The fraction of sp³-hybridized carbons (Fsp3) is 0.500. The first kappa shape index (κ1) is 15.0. The molecule has 0 spiro atoms. The Labute approximate surface area is 126 Å². The monoisotopic (exact) mass is 311 g/mol. The Hall–Kier alpha value is -1.41. The number of thioether (sulfide) groups is 1. The van der Waals surface area contributed by atoms with Crippen molar-refractivity contribution in [2.75, 3.05) is 11.1 Å². The SMILES string of the molecule is CCSc1nnc(NC(=O)C[C@H](C)n2ccc(C)n2)s1. The summed E-state index contributed by atoms with van der Waals surface area (Å²) in [6.07, 6.45) is 2.24. The fourth-order valence-corrected chi connectivity index (χ4v) is 3.32. The van der Waals surface area contributed by atoms with Crippen molar-refractivity contribution in [3.63, 3.8) is 0 Å². The third-order valence-electron chi connectivity index (χ3n) is 2.59. The molecule has 20 heavy (non-hydrogen) atoms. The lowest BCUT2D eigenvalue weighted by atomic mass is 10.2. The first-order valence-corrected chi connectivity index (χ1v) is 8.16. The number of rotatable bonds is 6. The predicted octanol–water partition coefficient (Wildman–Crippen LogP) is 2.74. The second-order valence-corrected chi connectivity index (χ2v) is 6.83. The zero-order valence-corrected chi connectivity index (χ0v) is 13.3. The zero-order chi connectivity index (χ0) is 14.5. The third kappa shape index (κ3) is 4.04. The number of amides is 1. The van der Waals surface area contributed by atoms with Crippen LogP contribution in [0.25, 0.3) is 0 Å². The molecule has 8 heteroatoms. The van der Waals surface area contributed by atoms with Crippen molar-refractivity contribution in [1.29, 1.82) is 0 Å². The van der Waals surface area contributed by atoms with Gasteiger partial charge in [0.15, 0.2) is 4.34 Å². The van der Waals surface area contributed by atoms with E-state index >= 15 is 0 Å². The first-order chi connectivity index (χ1) is 9.58. The van der Waals surface area contributed by atoms with Crippen molar-refractivity contribution >= 4 is 34.1 Å². The summed E-state index contributed by atoms with van der Waals surface area (Å²) in [5.41, 5.74) is 0.947. The van der Waals surface area contributed by atoms with Crippen LogP contribution in [0.4, 0.5) is 5.13 Å². The Morgan fingerprint density at radius 2 is 2.35 bits per heavy atom. The molecule has 0 saturated heterocycles. The number of aromatic nitrogens is 4. The van der Waals surface area contributed by atoms with Crippen molar-refractivity contribution in [2.24, 2.45) is 0 Å². The predicted molar refractivity (Wildman–Crippen MR) is 81.2 cm³/mol. The van der Waals surface area contributed by atoms with Gasteiger partial charge >= 0.3 is 0 Å². The molecule has 2 heterocycles. The van der Waals surface area contributed by atoms with E-state index in [1.807, 2.05) is 26.1 Å². The van der Waals surface area contributed by atoms with E-state index in [0.29, 0.717) is 11.6 Å². The first-order valence-electron chi connectivity index (χ1n) is 6.36. The van der Waals surface area contributed by atoms with Crippen LogP contribution in [-0.4, -0.2) is 31.6 Å². The number of aryl methyl sites for hydroxylation is 1. The number of hydrogen-bond donors (Lipinski definition) is 1. The van der Waals surface area contributed by atoms with Crippen molar-refractivity contribution < 1.29 is 4.79 Å². The lowest BCUT2D eigenvalue weighted by Gasteiger charge is -2.11. The lowest BCUT2D eigenvalue weighted by Crippen LogP contribution is -2.17. The minimum absolute atomic E-state index is 0.0149. The van der Waals surface area contributed by atoms with Crippen LogP contribution in [0.5, 0.6) is 0 Å². The molecule has 1 atom stereocenters. The van der Waals surface area contributed by atoms with Crippen molar-refractivity contribution in [3.8, 4) is 0 Å². The molecular formula is C12H17N5OS2. The van der Waals surface area contributed by atoms with Crippen LogP contribution in [-0.2, 0) is 4.79 Å². The van der Waals surface area contributed by atoms with Gasteiger partial charge in [0.1, 0.15) is 0 Å².